The van der Waals surface area contributed by atoms with E-state index in [1.54, 1.807) is 11.1 Å². The molecule has 1 aromatic heterocycles. The third-order valence-corrected chi connectivity index (χ3v) is 4.79. The molecule has 0 unspecified atom stereocenters. The molecule has 122 valence electrons. The van der Waals surface area contributed by atoms with E-state index in [9.17, 15) is 9.00 Å². The minimum atomic E-state index is -1.03. The van der Waals surface area contributed by atoms with Gasteiger partial charge in [-0.25, -0.2) is 4.79 Å². The second-order valence-corrected chi connectivity index (χ2v) is 8.04. The number of hydrogen-bond acceptors (Lipinski definition) is 4. The normalized spacial score (nSPS) is 20.0. The van der Waals surface area contributed by atoms with Crippen molar-refractivity contribution in [1.82, 2.24) is 9.88 Å². The van der Waals surface area contributed by atoms with Gasteiger partial charge in [0.25, 0.3) is 0 Å². The molecule has 1 saturated heterocycles. The lowest BCUT2D eigenvalue weighted by molar-refractivity contribution is 0.0241. The zero-order valence-corrected chi connectivity index (χ0v) is 14.3. The molecular formula is C16H24N2O3S. The molecule has 2 rings (SSSR count). The van der Waals surface area contributed by atoms with Crippen molar-refractivity contribution < 1.29 is 13.7 Å². The monoisotopic (exact) mass is 324 g/mol. The summed E-state index contributed by atoms with van der Waals surface area (Å²) in [5.74, 6) is 0.912. The molecule has 0 aromatic carbocycles. The Balaban J connectivity index is 1.91. The Morgan fingerprint density at radius 2 is 2.23 bits per heavy atom. The average Bonchev–Trinajstić information content (AvgIpc) is 2.86. The molecule has 22 heavy (non-hydrogen) atoms. The van der Waals surface area contributed by atoms with Crippen LogP contribution in [0.15, 0.2) is 24.4 Å². The van der Waals surface area contributed by atoms with Crippen molar-refractivity contribution in [2.24, 2.45) is 0 Å². The van der Waals surface area contributed by atoms with Crippen molar-refractivity contribution in [2.75, 3.05) is 12.3 Å². The van der Waals surface area contributed by atoms with Gasteiger partial charge in [-0.2, -0.15) is 0 Å². The van der Waals surface area contributed by atoms with Gasteiger partial charge in [0.15, 0.2) is 0 Å². The number of hydrogen-bond donors (Lipinski definition) is 0. The van der Waals surface area contributed by atoms with Crippen LogP contribution in [0.1, 0.15) is 39.3 Å². The van der Waals surface area contributed by atoms with Crippen LogP contribution in [0.25, 0.3) is 0 Å². The van der Waals surface area contributed by atoms with Gasteiger partial charge in [-0.05, 0) is 45.7 Å². The summed E-state index contributed by atoms with van der Waals surface area (Å²) in [5.41, 5.74) is 0.319. The smallest absolute Gasteiger partial charge is 0.410 e. The number of pyridine rings is 1. The minimum absolute atomic E-state index is 0.000560. The third-order valence-electron chi connectivity index (χ3n) is 3.42. The van der Waals surface area contributed by atoms with Crippen molar-refractivity contribution in [3.05, 3.63) is 30.1 Å². The molecule has 6 heteroatoms. The molecule has 1 fully saturated rings. The standard InChI is InChI=1S/C16H24N2O3S/c1-16(2,3)21-15(19)18-10-6-8-14(18)12-22(20)11-13-7-4-5-9-17-13/h4-5,7,9,14H,6,8,10-12H2,1-3H3/t14-,22-/m0/s1. The summed E-state index contributed by atoms with van der Waals surface area (Å²) >= 11 is 0. The number of rotatable bonds is 4. The fourth-order valence-electron chi connectivity index (χ4n) is 2.49. The minimum Gasteiger partial charge on any atom is -0.444 e. The number of carbonyl (C=O) groups is 1. The molecular weight excluding hydrogens is 300 g/mol. The number of likely N-dealkylation sites (tertiary alicyclic amines) is 1. The quantitative estimate of drug-likeness (QED) is 0.854. The molecule has 1 aromatic rings. The van der Waals surface area contributed by atoms with Crippen LogP contribution < -0.4 is 0 Å². The summed E-state index contributed by atoms with van der Waals surface area (Å²) in [6.07, 6.45) is 3.22. The van der Waals surface area contributed by atoms with Gasteiger partial charge in [-0.15, -0.1) is 0 Å². The number of amides is 1. The number of nitrogens with zero attached hydrogens (tertiary/aromatic N) is 2. The first-order valence-corrected chi connectivity index (χ1v) is 9.08. The lowest BCUT2D eigenvalue weighted by Gasteiger charge is -2.28. The molecule has 0 radical (unpaired) electrons. The van der Waals surface area contributed by atoms with E-state index in [1.807, 2.05) is 39.0 Å². The Morgan fingerprint density at radius 1 is 1.45 bits per heavy atom. The summed E-state index contributed by atoms with van der Waals surface area (Å²) < 4.78 is 17.7. The largest absolute Gasteiger partial charge is 0.444 e. The van der Waals surface area contributed by atoms with Crippen molar-refractivity contribution in [1.29, 1.82) is 0 Å². The van der Waals surface area contributed by atoms with Gasteiger partial charge in [0.1, 0.15) is 5.60 Å². The first kappa shape index (κ1) is 16.9. The maximum absolute atomic E-state index is 12.3. The highest BCUT2D eigenvalue weighted by Crippen LogP contribution is 2.22. The Morgan fingerprint density at radius 3 is 2.86 bits per heavy atom. The highest BCUT2D eigenvalue weighted by molar-refractivity contribution is 7.84. The molecule has 0 N–H and O–H groups in total. The maximum Gasteiger partial charge on any atom is 0.410 e. The number of aromatic nitrogens is 1. The van der Waals surface area contributed by atoms with Crippen molar-refractivity contribution >= 4 is 16.9 Å². The van der Waals surface area contributed by atoms with Gasteiger partial charge in [0.2, 0.25) is 0 Å². The summed E-state index contributed by atoms with van der Waals surface area (Å²) in [5, 5.41) is 0. The highest BCUT2D eigenvalue weighted by atomic mass is 32.2. The molecule has 2 atom stereocenters. The zero-order valence-electron chi connectivity index (χ0n) is 13.4. The molecule has 2 heterocycles. The molecule has 0 aliphatic carbocycles. The number of ether oxygens (including phenoxy) is 1. The predicted molar refractivity (Wildman–Crippen MR) is 86.9 cm³/mol. The van der Waals surface area contributed by atoms with Crippen LogP contribution in [0.5, 0.6) is 0 Å². The highest BCUT2D eigenvalue weighted by Gasteiger charge is 2.33. The van der Waals surface area contributed by atoms with E-state index >= 15 is 0 Å². The van der Waals surface area contributed by atoms with E-state index in [1.165, 1.54) is 0 Å². The van der Waals surface area contributed by atoms with Crippen LogP contribution in [0.3, 0.4) is 0 Å². The van der Waals surface area contributed by atoms with E-state index in [-0.39, 0.29) is 12.1 Å². The molecule has 0 spiro atoms. The summed E-state index contributed by atoms with van der Waals surface area (Å²) in [6, 6.07) is 5.60. The summed E-state index contributed by atoms with van der Waals surface area (Å²) in [7, 11) is -1.03. The van der Waals surface area contributed by atoms with Gasteiger partial charge in [-0.3, -0.25) is 9.19 Å². The van der Waals surface area contributed by atoms with Crippen LogP contribution in [0.2, 0.25) is 0 Å². The second kappa shape index (κ2) is 7.22. The van der Waals surface area contributed by atoms with Crippen LogP contribution >= 0.6 is 0 Å². The molecule has 0 bridgehead atoms. The molecule has 0 saturated carbocycles. The fraction of sp³-hybridized carbons (Fsp3) is 0.625. The Bertz CT molecular complexity index is 528. The van der Waals surface area contributed by atoms with Crippen LogP contribution in [-0.2, 0) is 21.3 Å². The van der Waals surface area contributed by atoms with Gasteiger partial charge < -0.3 is 9.64 Å². The zero-order chi connectivity index (χ0) is 16.2. The first-order valence-electron chi connectivity index (χ1n) is 7.59. The Kier molecular flexibility index (Phi) is 5.56. The maximum atomic E-state index is 12.3. The van der Waals surface area contributed by atoms with Crippen molar-refractivity contribution in [3.63, 3.8) is 0 Å². The SMILES string of the molecule is CC(C)(C)OC(=O)N1CCC[C@H]1C[S@@](=O)Cc1ccccn1. The summed E-state index contributed by atoms with van der Waals surface area (Å²) in [6.45, 7) is 6.25. The Hall–Kier alpha value is -1.43. The third kappa shape index (κ3) is 5.09. The van der Waals surface area contributed by atoms with Crippen LogP contribution in [-0.4, -0.2) is 44.1 Å². The molecule has 1 aliphatic rings. The van der Waals surface area contributed by atoms with Gasteiger partial charge >= 0.3 is 6.09 Å². The lowest BCUT2D eigenvalue weighted by Crippen LogP contribution is -2.42. The fourth-order valence-corrected chi connectivity index (χ4v) is 3.89. The molecule has 1 aliphatic heterocycles. The van der Waals surface area contributed by atoms with E-state index in [0.717, 1.165) is 18.5 Å². The first-order chi connectivity index (χ1) is 10.3. The topological polar surface area (TPSA) is 59.5 Å². The van der Waals surface area contributed by atoms with Crippen LogP contribution in [0, 0.1) is 0 Å². The van der Waals surface area contributed by atoms with Crippen LogP contribution in [0.4, 0.5) is 4.79 Å². The Labute approximate surface area is 134 Å². The van der Waals surface area contributed by atoms with Crippen molar-refractivity contribution in [2.45, 2.75) is 51.0 Å². The van der Waals surface area contributed by atoms with Gasteiger partial charge in [0, 0.05) is 35.3 Å². The second-order valence-electron chi connectivity index (χ2n) is 6.54. The van der Waals surface area contributed by atoms with Gasteiger partial charge in [-0.1, -0.05) is 6.07 Å². The van der Waals surface area contributed by atoms with E-state index < -0.39 is 16.4 Å². The van der Waals surface area contributed by atoms with Gasteiger partial charge in [0.05, 0.1) is 11.4 Å². The lowest BCUT2D eigenvalue weighted by atomic mass is 10.2. The molecule has 5 nitrogen and oxygen atoms in total. The average molecular weight is 324 g/mol. The van der Waals surface area contributed by atoms with E-state index in [0.29, 0.717) is 18.1 Å². The number of carbonyl (C=O) groups excluding carboxylic acids is 1. The molecule has 1 amide bonds. The predicted octanol–water partition coefficient (Wildman–Crippen LogP) is 2.73. The van der Waals surface area contributed by atoms with Crippen molar-refractivity contribution in [3.8, 4) is 0 Å². The summed E-state index contributed by atoms with van der Waals surface area (Å²) in [4.78, 5) is 18.1. The van der Waals surface area contributed by atoms with E-state index in [4.69, 9.17) is 4.74 Å². The van der Waals surface area contributed by atoms with E-state index in [2.05, 4.69) is 4.98 Å².